The maximum atomic E-state index is 11.1. The van der Waals surface area contributed by atoms with E-state index in [4.69, 9.17) is 9.29 Å². The molecule has 2 N–H and O–H groups in total. The van der Waals surface area contributed by atoms with Gasteiger partial charge in [0, 0.05) is 6.07 Å². The van der Waals surface area contributed by atoms with Crippen LogP contribution in [0.1, 0.15) is 59.7 Å². The van der Waals surface area contributed by atoms with Crippen LogP contribution in [0.2, 0.25) is 0 Å². The van der Waals surface area contributed by atoms with E-state index in [0.717, 1.165) is 12.8 Å². The van der Waals surface area contributed by atoms with E-state index < -0.39 is 10.1 Å². The van der Waals surface area contributed by atoms with Gasteiger partial charge in [0.1, 0.15) is 0 Å². The standard InChI is InChI=1S/C22H30N2O5S.Na.H/c1-2-3-4-5-6-7-8-9-16-29-22-17-19(12-15-21(22)25)24-23-18-10-13-20(14-11-18)30(26,27)28;;/h10-15,17,25H,2-9,16H2,1H3,(H,26,27,28);;/q;+1;-1. The van der Waals surface area contributed by atoms with Crippen LogP contribution in [0.3, 0.4) is 0 Å². The molecular weight excluding hydrogens is 427 g/mol. The first-order chi connectivity index (χ1) is 14.4. The van der Waals surface area contributed by atoms with Crippen molar-refractivity contribution >= 4 is 21.5 Å². The van der Waals surface area contributed by atoms with Gasteiger partial charge in [-0.1, -0.05) is 51.9 Å². The topological polar surface area (TPSA) is 109 Å². The molecular formula is C22H31N2NaO5S. The monoisotopic (exact) mass is 458 g/mol. The molecule has 9 heteroatoms. The molecule has 0 aliphatic rings. The predicted octanol–water partition coefficient (Wildman–Crippen LogP) is 3.69. The van der Waals surface area contributed by atoms with Crippen LogP contribution in [0.25, 0.3) is 0 Å². The average molecular weight is 459 g/mol. The van der Waals surface area contributed by atoms with E-state index in [1.807, 2.05) is 0 Å². The first-order valence-electron chi connectivity index (χ1n) is 10.4. The van der Waals surface area contributed by atoms with E-state index in [1.54, 1.807) is 12.1 Å². The molecule has 0 aliphatic heterocycles. The number of phenols is 1. The van der Waals surface area contributed by atoms with Crippen LogP contribution in [0.4, 0.5) is 11.4 Å². The maximum absolute atomic E-state index is 11.1. The summed E-state index contributed by atoms with van der Waals surface area (Å²) in [5, 5.41) is 18.1. The molecule has 31 heavy (non-hydrogen) atoms. The molecule has 0 atom stereocenters. The molecule has 0 bridgehead atoms. The number of hydrogen-bond acceptors (Lipinski definition) is 6. The fraction of sp³-hybridized carbons (Fsp3) is 0.455. The third-order valence-electron chi connectivity index (χ3n) is 4.61. The molecule has 2 rings (SSSR count). The fourth-order valence-electron chi connectivity index (χ4n) is 2.90. The maximum Gasteiger partial charge on any atom is 1.00 e. The Balaban J connectivity index is 0.00000480. The second kappa shape index (κ2) is 14.6. The van der Waals surface area contributed by atoms with Crippen molar-refractivity contribution in [1.82, 2.24) is 0 Å². The molecule has 7 nitrogen and oxygen atoms in total. The van der Waals surface area contributed by atoms with Gasteiger partial charge in [0.2, 0.25) is 0 Å². The van der Waals surface area contributed by atoms with Crippen LogP contribution in [0.15, 0.2) is 57.6 Å². The van der Waals surface area contributed by atoms with Crippen molar-refractivity contribution in [2.45, 2.75) is 63.2 Å². The summed E-state index contributed by atoms with van der Waals surface area (Å²) < 4.78 is 36.8. The van der Waals surface area contributed by atoms with Crippen LogP contribution >= 0.6 is 0 Å². The van der Waals surface area contributed by atoms with Crippen molar-refractivity contribution in [3.05, 3.63) is 42.5 Å². The largest absolute Gasteiger partial charge is 1.00 e. The van der Waals surface area contributed by atoms with Crippen LogP contribution < -0.4 is 34.3 Å². The molecule has 0 heterocycles. The van der Waals surface area contributed by atoms with E-state index in [2.05, 4.69) is 17.2 Å². The Morgan fingerprint density at radius 1 is 0.871 bits per heavy atom. The van der Waals surface area contributed by atoms with Gasteiger partial charge in [-0.3, -0.25) is 4.55 Å². The zero-order valence-corrected chi connectivity index (χ0v) is 21.1. The third-order valence-corrected chi connectivity index (χ3v) is 5.48. The summed E-state index contributed by atoms with van der Waals surface area (Å²) in [4.78, 5) is -0.206. The molecule has 0 saturated heterocycles. The number of azo groups is 1. The Morgan fingerprint density at radius 3 is 2.03 bits per heavy atom. The van der Waals surface area contributed by atoms with Crippen LogP contribution in [-0.2, 0) is 10.1 Å². The van der Waals surface area contributed by atoms with Gasteiger partial charge in [0.25, 0.3) is 10.1 Å². The predicted molar refractivity (Wildman–Crippen MR) is 118 cm³/mol. The SMILES string of the molecule is CCCCCCCCCCOc1cc(N=Nc2ccc(S(=O)(=O)O)cc2)ccc1O.[H-].[Na+]. The Kier molecular flexibility index (Phi) is 13.0. The summed E-state index contributed by atoms with van der Waals surface area (Å²) in [7, 11) is -4.23. The number of nitrogens with zero attached hydrogens (tertiary/aromatic N) is 2. The number of rotatable bonds is 13. The number of benzene rings is 2. The quantitative estimate of drug-likeness (QED) is 0.206. The van der Waals surface area contributed by atoms with E-state index in [1.165, 1.54) is 68.9 Å². The van der Waals surface area contributed by atoms with Gasteiger partial charge >= 0.3 is 29.6 Å². The molecule has 0 amide bonds. The van der Waals surface area contributed by atoms with Gasteiger partial charge in [-0.2, -0.15) is 18.6 Å². The van der Waals surface area contributed by atoms with Gasteiger partial charge in [-0.25, -0.2) is 0 Å². The zero-order chi connectivity index (χ0) is 21.8. The third kappa shape index (κ3) is 10.6. The van der Waals surface area contributed by atoms with Crippen molar-refractivity contribution in [2.75, 3.05) is 6.61 Å². The van der Waals surface area contributed by atoms with Gasteiger partial charge in [0.15, 0.2) is 11.5 Å². The number of hydrogen-bond donors (Lipinski definition) is 2. The van der Waals surface area contributed by atoms with Crippen molar-refractivity contribution in [3.8, 4) is 11.5 Å². The fourth-order valence-corrected chi connectivity index (χ4v) is 3.38. The van der Waals surface area contributed by atoms with E-state index in [0.29, 0.717) is 23.7 Å². The van der Waals surface area contributed by atoms with Gasteiger partial charge < -0.3 is 11.3 Å². The van der Waals surface area contributed by atoms with Crippen molar-refractivity contribution in [2.24, 2.45) is 10.2 Å². The average Bonchev–Trinajstić information content (AvgIpc) is 2.72. The molecule has 0 aliphatic carbocycles. The summed E-state index contributed by atoms with van der Waals surface area (Å²) in [6, 6.07) is 10.1. The molecule has 0 spiro atoms. The summed E-state index contributed by atoms with van der Waals surface area (Å²) in [5.41, 5.74) is 0.925. The molecule has 0 aromatic heterocycles. The Morgan fingerprint density at radius 2 is 1.42 bits per heavy atom. The Hall–Kier alpha value is -1.45. The zero-order valence-electron chi connectivity index (χ0n) is 19.3. The summed E-state index contributed by atoms with van der Waals surface area (Å²) in [5.74, 6) is 0.405. The molecule has 166 valence electrons. The number of ether oxygens (including phenoxy) is 1. The summed E-state index contributed by atoms with van der Waals surface area (Å²) in [6.45, 7) is 2.74. The van der Waals surface area contributed by atoms with E-state index in [-0.39, 0.29) is 41.6 Å². The summed E-state index contributed by atoms with van der Waals surface area (Å²) >= 11 is 0. The van der Waals surface area contributed by atoms with Gasteiger partial charge in [-0.15, -0.1) is 0 Å². The minimum absolute atomic E-state index is 0. The number of unbranched alkanes of at least 4 members (excludes halogenated alkanes) is 7. The van der Waals surface area contributed by atoms with Gasteiger partial charge in [-0.05, 0) is 42.8 Å². The second-order valence-electron chi connectivity index (χ2n) is 7.14. The van der Waals surface area contributed by atoms with Crippen LogP contribution in [0.5, 0.6) is 11.5 Å². The first-order valence-corrected chi connectivity index (χ1v) is 11.8. The van der Waals surface area contributed by atoms with Gasteiger partial charge in [0.05, 0.1) is 22.9 Å². The normalized spacial score (nSPS) is 11.4. The molecule has 0 unspecified atom stereocenters. The summed E-state index contributed by atoms with van der Waals surface area (Å²) in [6.07, 6.45) is 9.66. The van der Waals surface area contributed by atoms with Crippen molar-refractivity contribution in [3.63, 3.8) is 0 Å². The van der Waals surface area contributed by atoms with Crippen LogP contribution in [-0.4, -0.2) is 24.7 Å². The molecule has 2 aromatic carbocycles. The number of phenolic OH excluding ortho intramolecular Hbond substituents is 1. The Labute approximate surface area is 208 Å². The van der Waals surface area contributed by atoms with E-state index >= 15 is 0 Å². The second-order valence-corrected chi connectivity index (χ2v) is 8.57. The smallest absolute Gasteiger partial charge is 1.00 e. The van der Waals surface area contributed by atoms with E-state index in [9.17, 15) is 13.5 Å². The van der Waals surface area contributed by atoms with Crippen molar-refractivity contribution < 1.29 is 53.8 Å². The molecule has 0 radical (unpaired) electrons. The van der Waals surface area contributed by atoms with Crippen LogP contribution in [0, 0.1) is 0 Å². The minimum atomic E-state index is -4.23. The Bertz CT molecular complexity index is 924. The molecule has 0 saturated carbocycles. The van der Waals surface area contributed by atoms with Crippen molar-refractivity contribution in [1.29, 1.82) is 0 Å². The molecule has 2 aromatic rings. The molecule has 0 fully saturated rings. The first kappa shape index (κ1) is 27.6. The minimum Gasteiger partial charge on any atom is -1.00 e. The number of aromatic hydroxyl groups is 1.